The Labute approximate surface area is 772 Å². The second kappa shape index (κ2) is 40.8. The number of aromatic nitrogens is 5. The lowest BCUT2D eigenvalue weighted by atomic mass is 9.75. The Hall–Kier alpha value is -14.6. The van der Waals surface area contributed by atoms with E-state index < -0.39 is 46.1 Å². The minimum absolute atomic E-state index is 0.0147. The third-order valence-electron chi connectivity index (χ3n) is 25.2. The monoisotopic (exact) mass is 1810 g/mol. The number of nitrogens with one attached hydrogen (secondary N) is 2. The smallest absolute Gasteiger partial charge is 0.344 e. The van der Waals surface area contributed by atoms with Crippen LogP contribution in [0.5, 0.6) is 28.7 Å². The van der Waals surface area contributed by atoms with Gasteiger partial charge in [-0.15, -0.1) is 11.8 Å². The third kappa shape index (κ3) is 20.2. The van der Waals surface area contributed by atoms with Gasteiger partial charge < -0.3 is 62.7 Å². The highest BCUT2D eigenvalue weighted by Crippen LogP contribution is 2.50. The number of aromatic hydroxyl groups is 2. The minimum Gasteiger partial charge on any atom is -0.507 e. The van der Waals surface area contributed by atoms with Crippen LogP contribution in [0.4, 0.5) is 11.5 Å². The standard InChI is InChI=1S/C27H18O8.C26H28N6O.C26H30N4O3S.C25H29NO5/c1-33-25(30)15-12-10-14(11-13-15)20(21-23(28)16-6-2-4-8-18(16)34-26(21)31)22-24(29)17-7-3-5-9-19(17)35-27(22)32;1-16-13-18(3)21(14-17(16)2)22-15-24(32(31-22)20-7-5-4-6-8-20)28-25(33)12-11-23-27-26(30-29-23)19-9-10-19;1-4-21(25(31)29-15-13-28(14-16-29)18-9-11-19(33-3)12-10-18)30-26(32)23-20-7-5-6-8-22(20)34-24(23)17(2)27-30;1-2-29-24(28)25(13-6-10-19-8-4-3-5-9-19)14-7-15-26(17-25)23(27)20-11-12-21-22(16-20)31-18-30-21/h2-13,20,28-29H,1H3;4-8,13-15,19H,9-12H2,1-3H3,(H,28,33)(H,27,29,30);5-12,21,23-24H,4,13-16H2,1-3H3;3-5,8-9,11-12,16H,2,6-7,10,13-15,17-18H2,1H3. The average Bonchev–Trinajstić information content (AvgIpc) is 1.38. The molecule has 28 nitrogen and oxygen atoms in total. The number of amides is 4. The molecule has 9 heterocycles. The molecular weight excluding hydrogens is 1710 g/mol. The van der Waals surface area contributed by atoms with Crippen LogP contribution in [0.2, 0.25) is 0 Å². The van der Waals surface area contributed by atoms with Crippen molar-refractivity contribution in [1.29, 1.82) is 0 Å². The Morgan fingerprint density at radius 3 is 1.95 bits per heavy atom. The van der Waals surface area contributed by atoms with Crippen LogP contribution < -0.4 is 35.7 Å². The van der Waals surface area contributed by atoms with Gasteiger partial charge in [-0.2, -0.15) is 15.3 Å². The summed E-state index contributed by atoms with van der Waals surface area (Å²) in [5, 5.41) is 44.1. The fourth-order valence-electron chi connectivity index (χ4n) is 17.8. The molecule has 29 heteroatoms. The number of likely N-dealkylation sites (tertiary alicyclic amines) is 1. The maximum absolute atomic E-state index is 13.6. The number of aromatic amines is 1. The molecular formula is C104H105N11O17S. The van der Waals surface area contributed by atoms with Crippen LogP contribution in [0.1, 0.15) is 167 Å². The summed E-state index contributed by atoms with van der Waals surface area (Å²) in [6, 6.07) is 65.9. The zero-order chi connectivity index (χ0) is 93.1. The van der Waals surface area contributed by atoms with Crippen LogP contribution in [0.25, 0.3) is 38.9 Å². The van der Waals surface area contributed by atoms with Crippen molar-refractivity contribution < 1.29 is 71.5 Å². The maximum atomic E-state index is 13.6. The molecule has 1 aliphatic carbocycles. The number of nitrogens with zero attached hydrogens (tertiary/aromatic N) is 9. The molecule has 4 atom stereocenters. The van der Waals surface area contributed by atoms with E-state index in [2.05, 4.69) is 81.6 Å². The fraction of sp³-hybridized carbons (Fsp3) is 0.308. The Balaban J connectivity index is 0.000000129. The van der Waals surface area contributed by atoms with E-state index in [-0.39, 0.29) is 86.2 Å². The van der Waals surface area contributed by atoms with Crippen LogP contribution in [-0.4, -0.2) is 169 Å². The van der Waals surface area contributed by atoms with Gasteiger partial charge in [0.25, 0.3) is 11.8 Å². The van der Waals surface area contributed by atoms with E-state index in [1.807, 2.05) is 123 Å². The van der Waals surface area contributed by atoms with Gasteiger partial charge in [-0.3, -0.25) is 29.1 Å². The molecule has 9 aromatic carbocycles. The van der Waals surface area contributed by atoms with Crippen LogP contribution >= 0.6 is 11.8 Å². The number of hydrazone groups is 1. The number of carbonyl (C=O) groups excluding carboxylic acids is 6. The maximum Gasteiger partial charge on any atom is 0.344 e. The molecule has 4 unspecified atom stereocenters. The van der Waals surface area contributed by atoms with Crippen LogP contribution in [0.15, 0.2) is 247 Å². The van der Waals surface area contributed by atoms with E-state index in [4.69, 9.17) is 37.6 Å². The van der Waals surface area contributed by atoms with Gasteiger partial charge in [0.2, 0.25) is 18.6 Å². The number of piperidine rings is 1. The van der Waals surface area contributed by atoms with Gasteiger partial charge in [-0.05, 0) is 222 Å². The molecule has 13 aromatic rings. The van der Waals surface area contributed by atoms with Crippen molar-refractivity contribution in [3.05, 3.63) is 307 Å². The van der Waals surface area contributed by atoms with Gasteiger partial charge in [-0.1, -0.05) is 116 Å². The number of methoxy groups -OCH3 is 2. The molecule has 6 aliphatic rings. The number of ether oxygens (including phenoxy) is 5. The largest absolute Gasteiger partial charge is 0.507 e. The third-order valence-corrected chi connectivity index (χ3v) is 26.7. The van der Waals surface area contributed by atoms with E-state index in [9.17, 15) is 48.6 Å². The van der Waals surface area contributed by atoms with Crippen molar-refractivity contribution in [1.82, 2.24) is 39.8 Å². The summed E-state index contributed by atoms with van der Waals surface area (Å²) in [5.74, 6) is 1.49. The molecule has 2 saturated heterocycles. The first-order chi connectivity index (χ1) is 64.5. The van der Waals surface area contributed by atoms with Crippen molar-refractivity contribution in [2.45, 2.75) is 140 Å². The molecule has 1 saturated carbocycles. The van der Waals surface area contributed by atoms with Crippen LogP contribution in [-0.2, 0) is 41.5 Å². The van der Waals surface area contributed by atoms with Crippen molar-refractivity contribution in [3.8, 4) is 45.7 Å². The Morgan fingerprint density at radius 2 is 1.29 bits per heavy atom. The molecule has 3 fully saturated rings. The molecule has 19 rings (SSSR count). The van der Waals surface area contributed by atoms with Gasteiger partial charge >= 0.3 is 23.2 Å². The van der Waals surface area contributed by atoms with Crippen molar-refractivity contribution >= 4 is 86.5 Å². The lowest BCUT2D eigenvalue weighted by Crippen LogP contribution is -2.57. The quantitative estimate of drug-likeness (QED) is 0.0341. The highest BCUT2D eigenvalue weighted by molar-refractivity contribution is 8.01. The minimum atomic E-state index is -1.27. The van der Waals surface area contributed by atoms with Gasteiger partial charge in [0.1, 0.15) is 46.1 Å². The predicted octanol–water partition coefficient (Wildman–Crippen LogP) is 17.1. The van der Waals surface area contributed by atoms with Gasteiger partial charge in [-0.25, -0.2) is 29.1 Å². The number of fused-ring (bicyclic) bond motifs is 6. The molecule has 133 heavy (non-hydrogen) atoms. The summed E-state index contributed by atoms with van der Waals surface area (Å²) in [5.41, 5.74) is 9.23. The molecule has 4 N–H and O–H groups in total. The fourth-order valence-corrected chi connectivity index (χ4v) is 19.2. The normalized spacial score (nSPS) is 16.7. The lowest BCUT2D eigenvalue weighted by Gasteiger charge is -2.41. The topological polar surface area (TPSA) is 346 Å². The highest BCUT2D eigenvalue weighted by Gasteiger charge is 2.49. The molecule has 4 aromatic heterocycles. The van der Waals surface area contributed by atoms with E-state index in [1.54, 1.807) is 83.1 Å². The van der Waals surface area contributed by atoms with E-state index in [1.165, 1.54) is 65.2 Å². The first kappa shape index (κ1) is 91.7. The second-order valence-corrected chi connectivity index (χ2v) is 35.1. The number of anilines is 2. The summed E-state index contributed by atoms with van der Waals surface area (Å²) >= 11 is 1.70. The van der Waals surface area contributed by atoms with Gasteiger partial charge in [0, 0.05) is 91.5 Å². The molecule has 684 valence electrons. The molecule has 0 spiro atoms. The number of hydrogen-bond acceptors (Lipinski definition) is 23. The molecule has 4 amide bonds. The number of para-hydroxylation sites is 3. The summed E-state index contributed by atoms with van der Waals surface area (Å²) in [4.78, 5) is 116. The number of aryl methyl sites for hydroxylation is 5. The molecule has 0 bridgehead atoms. The number of hydrogen-bond donors (Lipinski definition) is 4. The summed E-state index contributed by atoms with van der Waals surface area (Å²) in [6.45, 7) is 16.3. The Kier molecular flexibility index (Phi) is 28.1. The Morgan fingerprint density at radius 1 is 0.654 bits per heavy atom. The Bertz CT molecular complexity index is 6530. The zero-order valence-corrected chi connectivity index (χ0v) is 76.2. The molecule has 5 aliphatic heterocycles. The van der Waals surface area contributed by atoms with Gasteiger partial charge in [0.15, 0.2) is 17.3 Å². The summed E-state index contributed by atoms with van der Waals surface area (Å²) in [7, 11) is 2.91. The number of rotatable bonds is 23. The predicted molar refractivity (Wildman–Crippen MR) is 506 cm³/mol. The first-order valence-electron chi connectivity index (χ1n) is 44.8. The lowest BCUT2D eigenvalue weighted by molar-refractivity contribution is -0.159. The summed E-state index contributed by atoms with van der Waals surface area (Å²) in [6.07, 6.45) is 7.68. The molecule has 0 radical (unpaired) electrons. The van der Waals surface area contributed by atoms with Crippen LogP contribution in [0.3, 0.4) is 0 Å². The van der Waals surface area contributed by atoms with Crippen molar-refractivity contribution in [2.75, 3.05) is 77.1 Å². The highest BCUT2D eigenvalue weighted by atomic mass is 32.2. The SMILES string of the molecule is CCC(C(=O)N1CCN(c2ccc(OC)cc2)CC1)N1N=C(C)C2Sc3ccccc3C2C1=O.CCOC(=O)C1(CCCc2ccccc2)CCCN(C(=O)c2ccc3c(c2)OCO3)C1.COC(=O)c1ccc(C(c2c(O)c3ccccc3oc2=O)c2c(O)c3ccccc3oc2=O)cc1.Cc1cc(C)c(-c2cc(NC(=O)CCc3nc(C4CC4)n[nH]3)n(-c3ccccc3)n2)cc1C. The van der Waals surface area contributed by atoms with Crippen LogP contribution in [0, 0.1) is 26.2 Å². The number of H-pyrrole nitrogens is 1. The van der Waals surface area contributed by atoms with E-state index >= 15 is 0 Å². The first-order valence-corrected chi connectivity index (χ1v) is 45.7. The van der Waals surface area contributed by atoms with Gasteiger partial charge in [0.05, 0.1) is 82.2 Å². The summed E-state index contributed by atoms with van der Waals surface area (Å²) < 4.78 is 38.9. The number of piperazine rings is 1. The number of carbonyl (C=O) groups is 6. The van der Waals surface area contributed by atoms with Crippen molar-refractivity contribution in [3.63, 3.8) is 0 Å². The number of thioether (sulfide) groups is 1. The number of esters is 2. The number of benzene rings is 9. The average molecular weight is 1810 g/mol. The second-order valence-electron chi connectivity index (χ2n) is 33.9. The van der Waals surface area contributed by atoms with E-state index in [0.29, 0.717) is 92.8 Å². The van der Waals surface area contributed by atoms with Crippen molar-refractivity contribution in [2.24, 2.45) is 10.5 Å². The van der Waals surface area contributed by atoms with E-state index in [0.717, 1.165) is 113 Å². The zero-order valence-electron chi connectivity index (χ0n) is 75.4.